The van der Waals surface area contributed by atoms with Crippen molar-refractivity contribution in [2.24, 2.45) is 4.99 Å². The van der Waals surface area contributed by atoms with Gasteiger partial charge in [-0.1, -0.05) is 64.8 Å². The molecule has 0 amide bonds. The number of thiocarbonyl (C=S) groups is 1. The molecule has 1 aliphatic rings. The maximum Gasteiger partial charge on any atom is 0.238 e. The normalized spacial score (nSPS) is 19.5. The second kappa shape index (κ2) is 7.04. The number of nitrogens with zero attached hydrogens (tertiary/aromatic N) is 3. The lowest BCUT2D eigenvalue weighted by Gasteiger charge is -2.30. The minimum atomic E-state index is -0.176. The Hall–Kier alpha value is -2.86. The van der Waals surface area contributed by atoms with Crippen molar-refractivity contribution in [2.75, 3.05) is 0 Å². The molecule has 27 heavy (non-hydrogen) atoms. The molecule has 2 atom stereocenters. The average Bonchev–Trinajstić information content (AvgIpc) is 3.11. The number of aliphatic imine (C=N–C) groups is 1. The molecule has 2 heterocycles. The van der Waals surface area contributed by atoms with E-state index >= 15 is 0 Å². The molecule has 5 nitrogen and oxygen atoms in total. The van der Waals surface area contributed by atoms with Gasteiger partial charge in [0.2, 0.25) is 11.7 Å². The fourth-order valence-corrected chi connectivity index (χ4v) is 3.63. The molecule has 0 saturated heterocycles. The number of rotatable bonds is 3. The monoisotopic (exact) mass is 376 g/mol. The smallest absolute Gasteiger partial charge is 0.238 e. The van der Waals surface area contributed by atoms with Crippen LogP contribution in [0.25, 0.3) is 11.4 Å². The molecular weight excluding hydrogens is 356 g/mol. The fraction of sp³-hybridized carbons (Fsp3) is 0.238. The van der Waals surface area contributed by atoms with Crippen LogP contribution in [0.15, 0.2) is 58.0 Å². The van der Waals surface area contributed by atoms with Gasteiger partial charge in [0.15, 0.2) is 5.11 Å². The third-order valence-electron chi connectivity index (χ3n) is 4.76. The van der Waals surface area contributed by atoms with Crippen LogP contribution in [0.1, 0.15) is 41.5 Å². The molecule has 3 aromatic rings. The lowest BCUT2D eigenvalue weighted by atomic mass is 9.87. The molecule has 6 heteroatoms. The predicted molar refractivity (Wildman–Crippen MR) is 110 cm³/mol. The molecule has 0 fully saturated rings. The molecule has 2 aromatic carbocycles. The zero-order valence-electron chi connectivity index (χ0n) is 15.4. The Bertz CT molecular complexity index is 1020. The second-order valence-corrected chi connectivity index (χ2v) is 7.28. The number of hydrogen-bond donors (Lipinski definition) is 1. The minimum Gasteiger partial charge on any atom is -0.353 e. The van der Waals surface area contributed by atoms with Gasteiger partial charge in [-0.15, -0.1) is 0 Å². The van der Waals surface area contributed by atoms with Gasteiger partial charge in [-0.05, 0) is 38.6 Å². The lowest BCUT2D eigenvalue weighted by molar-refractivity contribution is 0.354. The van der Waals surface area contributed by atoms with Crippen LogP contribution < -0.4 is 5.32 Å². The van der Waals surface area contributed by atoms with E-state index in [2.05, 4.69) is 45.6 Å². The Kier molecular flexibility index (Phi) is 4.58. The molecule has 1 N–H and O–H groups in total. The Morgan fingerprint density at radius 3 is 2.52 bits per heavy atom. The van der Waals surface area contributed by atoms with E-state index in [4.69, 9.17) is 16.7 Å². The highest BCUT2D eigenvalue weighted by Crippen LogP contribution is 2.35. The zero-order chi connectivity index (χ0) is 19.0. The molecule has 0 aliphatic carbocycles. The molecule has 0 radical (unpaired) electrons. The van der Waals surface area contributed by atoms with E-state index in [9.17, 15) is 0 Å². The third-order valence-corrected chi connectivity index (χ3v) is 4.97. The molecule has 1 aromatic heterocycles. The van der Waals surface area contributed by atoms with Gasteiger partial charge in [-0.3, -0.25) is 0 Å². The molecule has 0 bridgehead atoms. The van der Waals surface area contributed by atoms with Crippen molar-refractivity contribution in [1.82, 2.24) is 15.5 Å². The predicted octanol–water partition coefficient (Wildman–Crippen LogP) is 4.53. The molecule has 2 unspecified atom stereocenters. The van der Waals surface area contributed by atoms with Crippen molar-refractivity contribution in [3.8, 4) is 11.4 Å². The van der Waals surface area contributed by atoms with Crippen molar-refractivity contribution in [2.45, 2.75) is 32.7 Å². The first-order valence-electron chi connectivity index (χ1n) is 8.84. The highest BCUT2D eigenvalue weighted by Gasteiger charge is 2.35. The van der Waals surface area contributed by atoms with E-state index < -0.39 is 0 Å². The Balaban J connectivity index is 1.74. The maximum atomic E-state index is 5.65. The van der Waals surface area contributed by atoms with Gasteiger partial charge in [-0.2, -0.15) is 4.98 Å². The Labute approximate surface area is 163 Å². The SMILES string of the molecule is CC1=NC(=S)NC(c2cccc(C)c2)C1c1nc(-c2ccc(C)cc2)no1. The summed E-state index contributed by atoms with van der Waals surface area (Å²) in [5, 5.41) is 7.98. The number of aromatic nitrogens is 2. The summed E-state index contributed by atoms with van der Waals surface area (Å²) in [6.07, 6.45) is 0. The van der Waals surface area contributed by atoms with Crippen LogP contribution in [0.4, 0.5) is 0 Å². The van der Waals surface area contributed by atoms with Crippen LogP contribution in [-0.4, -0.2) is 21.0 Å². The summed E-state index contributed by atoms with van der Waals surface area (Å²) in [7, 11) is 0. The van der Waals surface area contributed by atoms with Crippen LogP contribution in [-0.2, 0) is 0 Å². The van der Waals surface area contributed by atoms with Crippen molar-refractivity contribution in [1.29, 1.82) is 0 Å². The summed E-state index contributed by atoms with van der Waals surface area (Å²) in [5.74, 6) is 0.937. The summed E-state index contributed by atoms with van der Waals surface area (Å²) in [6, 6.07) is 16.3. The van der Waals surface area contributed by atoms with Crippen LogP contribution in [0.5, 0.6) is 0 Å². The van der Waals surface area contributed by atoms with Gasteiger partial charge in [0.05, 0.1) is 6.04 Å². The average molecular weight is 376 g/mol. The zero-order valence-corrected chi connectivity index (χ0v) is 16.2. The quantitative estimate of drug-likeness (QED) is 0.681. The minimum absolute atomic E-state index is 0.0961. The van der Waals surface area contributed by atoms with E-state index in [1.54, 1.807) is 0 Å². The first-order chi connectivity index (χ1) is 13.0. The van der Waals surface area contributed by atoms with Gasteiger partial charge in [0, 0.05) is 11.3 Å². The molecule has 0 spiro atoms. The summed E-state index contributed by atoms with van der Waals surface area (Å²) >= 11 is 5.32. The number of hydrogen-bond acceptors (Lipinski definition) is 4. The highest BCUT2D eigenvalue weighted by atomic mass is 32.1. The van der Waals surface area contributed by atoms with Crippen LogP contribution in [0.2, 0.25) is 0 Å². The summed E-state index contributed by atoms with van der Waals surface area (Å²) in [5.41, 5.74) is 5.28. The molecule has 1 aliphatic heterocycles. The van der Waals surface area contributed by atoms with E-state index in [0.717, 1.165) is 16.8 Å². The standard InChI is InChI=1S/C21H20N4OS/c1-12-7-9-15(10-8-12)19-24-20(26-25-19)17-14(3)22-21(27)23-18(17)16-6-4-5-13(2)11-16/h4-11,17-18H,1-3H3,(H,23,27). The van der Waals surface area contributed by atoms with Gasteiger partial charge in [-0.25, -0.2) is 4.99 Å². The van der Waals surface area contributed by atoms with Crippen LogP contribution in [0.3, 0.4) is 0 Å². The topological polar surface area (TPSA) is 63.3 Å². The second-order valence-electron chi connectivity index (χ2n) is 6.89. The molecule has 4 rings (SSSR count). The van der Waals surface area contributed by atoms with Gasteiger partial charge in [0.25, 0.3) is 0 Å². The van der Waals surface area contributed by atoms with Gasteiger partial charge >= 0.3 is 0 Å². The highest BCUT2D eigenvalue weighted by molar-refractivity contribution is 7.80. The van der Waals surface area contributed by atoms with Gasteiger partial charge in [0.1, 0.15) is 5.92 Å². The fourth-order valence-electron chi connectivity index (χ4n) is 3.36. The number of aryl methyl sites for hydroxylation is 2. The van der Waals surface area contributed by atoms with Crippen molar-refractivity contribution in [3.05, 3.63) is 71.1 Å². The first-order valence-corrected chi connectivity index (χ1v) is 9.25. The van der Waals surface area contributed by atoms with E-state index in [0.29, 0.717) is 16.8 Å². The van der Waals surface area contributed by atoms with E-state index in [1.807, 2.05) is 44.2 Å². The molecular formula is C21H20N4OS. The summed E-state index contributed by atoms with van der Waals surface area (Å²) in [6.45, 7) is 6.08. The van der Waals surface area contributed by atoms with E-state index in [-0.39, 0.29) is 12.0 Å². The van der Waals surface area contributed by atoms with Crippen LogP contribution in [0, 0.1) is 13.8 Å². The maximum absolute atomic E-state index is 5.65. The summed E-state index contributed by atoms with van der Waals surface area (Å²) in [4.78, 5) is 9.11. The molecule has 136 valence electrons. The van der Waals surface area contributed by atoms with Gasteiger partial charge < -0.3 is 9.84 Å². The third kappa shape index (κ3) is 3.53. The van der Waals surface area contributed by atoms with Crippen molar-refractivity contribution >= 4 is 23.0 Å². The lowest BCUT2D eigenvalue weighted by Crippen LogP contribution is -2.38. The first kappa shape index (κ1) is 17.5. The van der Waals surface area contributed by atoms with Crippen molar-refractivity contribution < 1.29 is 4.52 Å². The Morgan fingerprint density at radius 2 is 1.78 bits per heavy atom. The Morgan fingerprint density at radius 1 is 1.00 bits per heavy atom. The number of benzene rings is 2. The van der Waals surface area contributed by atoms with Crippen molar-refractivity contribution in [3.63, 3.8) is 0 Å². The largest absolute Gasteiger partial charge is 0.353 e. The number of nitrogens with one attached hydrogen (secondary N) is 1. The molecule has 0 saturated carbocycles. The van der Waals surface area contributed by atoms with E-state index in [1.165, 1.54) is 11.1 Å². The van der Waals surface area contributed by atoms with Crippen LogP contribution >= 0.6 is 12.2 Å². The summed E-state index contributed by atoms with van der Waals surface area (Å²) < 4.78 is 5.65.